The molecule has 0 spiro atoms. The summed E-state index contributed by atoms with van der Waals surface area (Å²) in [5, 5.41) is 8.48. The van der Waals surface area contributed by atoms with Crippen LogP contribution in [0.5, 0.6) is 0 Å². The molecule has 5 amide bonds. The molecule has 1 aliphatic heterocycles. The number of primary amides is 1. The summed E-state index contributed by atoms with van der Waals surface area (Å²) in [4.78, 5) is 81.4. The molecule has 4 atom stereocenters. The predicted octanol–water partition coefficient (Wildman–Crippen LogP) is 3.34. The molecule has 2 heterocycles. The van der Waals surface area contributed by atoms with Gasteiger partial charge in [0.2, 0.25) is 17.6 Å². The van der Waals surface area contributed by atoms with E-state index in [1.165, 1.54) is 11.2 Å². The van der Waals surface area contributed by atoms with Crippen molar-refractivity contribution in [2.45, 2.75) is 129 Å². The van der Waals surface area contributed by atoms with Crippen molar-refractivity contribution in [3.63, 3.8) is 0 Å². The van der Waals surface area contributed by atoms with Gasteiger partial charge < -0.3 is 35.7 Å². The average Bonchev–Trinajstić information content (AvgIpc) is 3.69. The lowest BCUT2D eigenvalue weighted by atomic mass is 9.80. The zero-order chi connectivity index (χ0) is 35.2. The number of likely N-dealkylation sites (tertiary alicyclic amines) is 1. The van der Waals surface area contributed by atoms with Crippen LogP contribution >= 0.6 is 0 Å². The minimum Gasteiger partial charge on any atom is -0.466 e. The smallest absolute Gasteiger partial charge is 0.332 e. The second-order valence-electron chi connectivity index (χ2n) is 15.2. The molecule has 1 aromatic rings. The summed E-state index contributed by atoms with van der Waals surface area (Å²) < 4.78 is 10.8. The second kappa shape index (κ2) is 15.5. The van der Waals surface area contributed by atoms with Crippen LogP contribution in [-0.2, 0) is 35.3 Å². The maximum atomic E-state index is 14.4. The van der Waals surface area contributed by atoms with Crippen LogP contribution in [-0.4, -0.2) is 70.6 Å². The Morgan fingerprint density at radius 2 is 1.71 bits per heavy atom. The number of furan rings is 1. The van der Waals surface area contributed by atoms with E-state index in [2.05, 4.69) is 16.0 Å². The van der Waals surface area contributed by atoms with Crippen molar-refractivity contribution < 1.29 is 37.9 Å². The van der Waals surface area contributed by atoms with Gasteiger partial charge in [-0.15, -0.1) is 0 Å². The Kier molecular flexibility index (Phi) is 12.0. The lowest BCUT2D eigenvalue weighted by Gasteiger charge is -2.39. The maximum absolute atomic E-state index is 14.4. The van der Waals surface area contributed by atoms with Crippen molar-refractivity contribution >= 4 is 35.5 Å². The van der Waals surface area contributed by atoms with Crippen LogP contribution in [0.4, 0.5) is 4.79 Å². The van der Waals surface area contributed by atoms with Gasteiger partial charge >= 0.3 is 12.0 Å². The van der Waals surface area contributed by atoms with E-state index in [-0.39, 0.29) is 30.9 Å². The van der Waals surface area contributed by atoms with Crippen LogP contribution in [0, 0.1) is 23.2 Å². The summed E-state index contributed by atoms with van der Waals surface area (Å²) in [6.45, 7) is 9.60. The number of nitrogens with one attached hydrogen (secondary N) is 3. The number of Topliss-reactive ketones (excluding diaryl/α,β-unsaturated/α-hetero) is 1. The fourth-order valence-corrected chi connectivity index (χ4v) is 7.22. The zero-order valence-electron chi connectivity index (χ0n) is 29.0. The van der Waals surface area contributed by atoms with E-state index in [9.17, 15) is 28.8 Å². The molecule has 1 aromatic heterocycles. The Morgan fingerprint density at radius 3 is 2.25 bits per heavy atom. The van der Waals surface area contributed by atoms with Crippen LogP contribution in [0.1, 0.15) is 105 Å². The Bertz CT molecular complexity index is 1330. The molecule has 13 heteroatoms. The van der Waals surface area contributed by atoms with Crippen molar-refractivity contribution in [1.82, 2.24) is 20.9 Å². The van der Waals surface area contributed by atoms with Crippen molar-refractivity contribution in [3.8, 4) is 0 Å². The fourth-order valence-electron chi connectivity index (χ4n) is 7.22. The number of carbonyl (C=O) groups excluding carboxylic acids is 6. The minimum atomic E-state index is -1.26. The zero-order valence-corrected chi connectivity index (χ0v) is 29.0. The van der Waals surface area contributed by atoms with Gasteiger partial charge in [-0.25, -0.2) is 9.59 Å². The molecule has 1 saturated heterocycles. The molecule has 2 saturated carbocycles. The van der Waals surface area contributed by atoms with E-state index in [0.29, 0.717) is 31.4 Å². The third kappa shape index (κ3) is 8.76. The van der Waals surface area contributed by atoms with Crippen LogP contribution in [0.25, 0.3) is 0 Å². The number of esters is 1. The summed E-state index contributed by atoms with van der Waals surface area (Å²) >= 11 is 0. The van der Waals surface area contributed by atoms with Gasteiger partial charge in [-0.1, -0.05) is 73.1 Å². The molecule has 2 aliphatic carbocycles. The van der Waals surface area contributed by atoms with Crippen LogP contribution < -0.4 is 21.7 Å². The first-order valence-corrected chi connectivity index (χ1v) is 17.4. The minimum absolute atomic E-state index is 0.0261. The maximum Gasteiger partial charge on any atom is 0.332 e. The number of hydrogen-bond acceptors (Lipinski definition) is 8. The molecule has 13 nitrogen and oxygen atoms in total. The Morgan fingerprint density at radius 1 is 1.02 bits per heavy atom. The quantitative estimate of drug-likeness (QED) is 0.181. The highest BCUT2D eigenvalue weighted by Gasteiger charge is 2.49. The molecule has 0 aromatic carbocycles. The second-order valence-corrected chi connectivity index (χ2v) is 15.2. The number of urea groups is 1. The van der Waals surface area contributed by atoms with Gasteiger partial charge in [0.25, 0.3) is 5.91 Å². The van der Waals surface area contributed by atoms with Crippen molar-refractivity contribution in [2.75, 3.05) is 6.54 Å². The van der Waals surface area contributed by atoms with Gasteiger partial charge in [0.05, 0.1) is 12.3 Å². The molecule has 0 radical (unpaired) electrons. The summed E-state index contributed by atoms with van der Waals surface area (Å²) in [5.74, 6) is -2.99. The third-order valence-corrected chi connectivity index (χ3v) is 10.3. The van der Waals surface area contributed by atoms with E-state index in [1.54, 1.807) is 12.1 Å². The normalized spacial score (nSPS) is 22.2. The molecule has 266 valence electrons. The molecule has 3 aliphatic rings. The summed E-state index contributed by atoms with van der Waals surface area (Å²) in [6, 6.07) is -0.336. The predicted molar refractivity (Wildman–Crippen MR) is 176 cm³/mol. The molecule has 3 fully saturated rings. The number of nitrogens with two attached hydrogens (primary N) is 1. The molecule has 4 rings (SSSR count). The Balaban J connectivity index is 1.52. The van der Waals surface area contributed by atoms with E-state index in [1.807, 2.05) is 34.6 Å². The highest BCUT2D eigenvalue weighted by Crippen LogP contribution is 2.35. The van der Waals surface area contributed by atoms with Gasteiger partial charge in [-0.3, -0.25) is 19.2 Å². The lowest BCUT2D eigenvalue weighted by Crippen LogP contribution is -2.64. The number of ether oxygens (including phenoxy) is 1. The number of rotatable bonds is 13. The monoisotopic (exact) mass is 671 g/mol. The number of carbonyl (C=O) groups is 6. The SMILES string of the molecule is CC(C)[C@H]1CCN(C(=O)[C@@H](NC(=O)NC2(C(=O)OCc3ccco3)CCCCC2)C(C)(C)C)[C@@H]1C(=O)NC(CC1CCC1)C(=O)C(N)=O. The molecule has 5 N–H and O–H groups in total. The number of amides is 5. The summed E-state index contributed by atoms with van der Waals surface area (Å²) in [5.41, 5.74) is 3.30. The lowest BCUT2D eigenvalue weighted by molar-refractivity contribution is -0.154. The van der Waals surface area contributed by atoms with Crippen molar-refractivity contribution in [2.24, 2.45) is 28.9 Å². The fraction of sp³-hybridized carbons (Fsp3) is 0.714. The largest absolute Gasteiger partial charge is 0.466 e. The molecular weight excluding hydrogens is 618 g/mol. The number of hydrogen-bond donors (Lipinski definition) is 4. The number of ketones is 1. The van der Waals surface area contributed by atoms with Crippen LogP contribution in [0.2, 0.25) is 0 Å². The summed E-state index contributed by atoms with van der Waals surface area (Å²) in [6.07, 6.45) is 8.34. The van der Waals surface area contributed by atoms with Gasteiger partial charge in [-0.2, -0.15) is 0 Å². The first-order valence-electron chi connectivity index (χ1n) is 17.4. The topological polar surface area (TPSA) is 190 Å². The Labute approximate surface area is 282 Å². The molecule has 1 unspecified atom stereocenters. The van der Waals surface area contributed by atoms with E-state index >= 15 is 0 Å². The van der Waals surface area contributed by atoms with E-state index < -0.39 is 64.6 Å². The van der Waals surface area contributed by atoms with Gasteiger partial charge in [0.15, 0.2) is 0 Å². The van der Waals surface area contributed by atoms with Crippen molar-refractivity contribution in [3.05, 3.63) is 24.2 Å². The van der Waals surface area contributed by atoms with Gasteiger partial charge in [0, 0.05) is 6.54 Å². The van der Waals surface area contributed by atoms with E-state index in [0.717, 1.165) is 38.5 Å². The molecule has 48 heavy (non-hydrogen) atoms. The Hall–Kier alpha value is -3.90. The van der Waals surface area contributed by atoms with E-state index in [4.69, 9.17) is 14.9 Å². The van der Waals surface area contributed by atoms with Crippen molar-refractivity contribution in [1.29, 1.82) is 0 Å². The molecular formula is C35H53N5O8. The van der Waals surface area contributed by atoms with Gasteiger partial charge in [0.1, 0.15) is 30.0 Å². The highest BCUT2D eigenvalue weighted by atomic mass is 16.5. The van der Waals surface area contributed by atoms with Crippen LogP contribution in [0.3, 0.4) is 0 Å². The van der Waals surface area contributed by atoms with Gasteiger partial charge in [-0.05, 0) is 61.0 Å². The summed E-state index contributed by atoms with van der Waals surface area (Å²) in [7, 11) is 0. The highest BCUT2D eigenvalue weighted by molar-refractivity contribution is 6.37. The first-order chi connectivity index (χ1) is 22.6. The first kappa shape index (κ1) is 36.9. The third-order valence-electron chi connectivity index (χ3n) is 10.3. The molecule has 0 bridgehead atoms. The van der Waals surface area contributed by atoms with Crippen LogP contribution in [0.15, 0.2) is 22.8 Å². The average molecular weight is 672 g/mol. The number of nitrogens with zero attached hydrogens (tertiary/aromatic N) is 1. The standard InChI is InChI=1S/C35H53N5O8/c1-21(2)24-14-17-40(26(24)30(43)37-25(27(41)29(36)42)19-22-11-9-12-22)31(44)28(34(3,4)5)38-33(46)39-35(15-7-6-8-16-35)32(45)48-20-23-13-10-18-47-23/h10,13,18,21-22,24-26,28H,6-9,11-12,14-17,19-20H2,1-5H3,(H2,36,42)(H,37,43)(H2,38,39,46)/t24-,25?,26+,28-/m1/s1.